The molecule has 2 amide bonds. The highest BCUT2D eigenvalue weighted by Gasteiger charge is 2.66. The SMILES string of the molecule is CCOC(=O)c1sc(N2C(=O)c3oc4ccccc4c(=O)c3C23C(=O)N(Cc2ccccc2F)c2ccccc23)nc1C. The first-order chi connectivity index (χ1) is 20.8. The van der Waals surface area contributed by atoms with Gasteiger partial charge in [0.05, 0.1) is 35.5 Å². The van der Waals surface area contributed by atoms with Crippen molar-refractivity contribution < 1.29 is 27.9 Å². The number of nitrogens with zero attached hydrogens (tertiary/aromatic N) is 3. The van der Waals surface area contributed by atoms with Gasteiger partial charge >= 0.3 is 5.97 Å². The molecule has 0 saturated carbocycles. The van der Waals surface area contributed by atoms with Crippen LogP contribution in [0.1, 0.15) is 49.5 Å². The number of halogens is 1. The van der Waals surface area contributed by atoms with Crippen LogP contribution in [0.4, 0.5) is 15.2 Å². The lowest BCUT2D eigenvalue weighted by atomic mass is 9.84. The van der Waals surface area contributed by atoms with Crippen LogP contribution < -0.4 is 15.2 Å². The molecule has 214 valence electrons. The number of carbonyl (C=O) groups excluding carboxylic acids is 3. The van der Waals surface area contributed by atoms with Crippen molar-refractivity contribution in [2.45, 2.75) is 25.9 Å². The quantitative estimate of drug-likeness (QED) is 0.253. The smallest absolute Gasteiger partial charge is 0.350 e. The van der Waals surface area contributed by atoms with Crippen LogP contribution in [-0.2, 0) is 21.6 Å². The van der Waals surface area contributed by atoms with E-state index in [2.05, 4.69) is 4.98 Å². The van der Waals surface area contributed by atoms with E-state index in [1.807, 2.05) is 0 Å². The van der Waals surface area contributed by atoms with Crippen molar-refractivity contribution in [1.29, 1.82) is 0 Å². The lowest BCUT2D eigenvalue weighted by Gasteiger charge is -2.32. The Morgan fingerprint density at radius 1 is 1.02 bits per heavy atom. The molecule has 1 atom stereocenters. The first-order valence-electron chi connectivity index (χ1n) is 13.5. The molecule has 2 aliphatic heterocycles. The van der Waals surface area contributed by atoms with Gasteiger partial charge in [0, 0.05) is 11.1 Å². The Labute approximate surface area is 247 Å². The van der Waals surface area contributed by atoms with Crippen LogP contribution in [0.15, 0.2) is 82.0 Å². The number of fused-ring (bicyclic) bond motifs is 5. The molecule has 0 aliphatic carbocycles. The van der Waals surface area contributed by atoms with Crippen molar-refractivity contribution in [1.82, 2.24) is 4.98 Å². The summed E-state index contributed by atoms with van der Waals surface area (Å²) in [5.74, 6) is -2.85. The number of carbonyl (C=O) groups is 3. The van der Waals surface area contributed by atoms with E-state index >= 15 is 0 Å². The van der Waals surface area contributed by atoms with Gasteiger partial charge < -0.3 is 14.1 Å². The molecule has 2 aliphatic rings. The average Bonchev–Trinajstić information content (AvgIpc) is 3.59. The second kappa shape index (κ2) is 9.70. The number of para-hydroxylation sites is 2. The van der Waals surface area contributed by atoms with Gasteiger partial charge in [-0.05, 0) is 38.1 Å². The van der Waals surface area contributed by atoms with Crippen LogP contribution in [0.3, 0.4) is 0 Å². The van der Waals surface area contributed by atoms with E-state index in [4.69, 9.17) is 9.15 Å². The van der Waals surface area contributed by atoms with Gasteiger partial charge in [-0.25, -0.2) is 14.2 Å². The molecule has 9 nitrogen and oxygen atoms in total. The predicted molar refractivity (Wildman–Crippen MR) is 157 cm³/mol. The largest absolute Gasteiger partial charge is 0.462 e. The van der Waals surface area contributed by atoms with E-state index in [-0.39, 0.29) is 51.0 Å². The molecule has 0 N–H and O–H groups in total. The molecule has 7 rings (SSSR count). The van der Waals surface area contributed by atoms with E-state index in [1.54, 1.807) is 80.6 Å². The molecule has 5 aromatic rings. The zero-order chi connectivity index (χ0) is 30.0. The van der Waals surface area contributed by atoms with E-state index in [0.717, 1.165) is 16.2 Å². The molecule has 0 bridgehead atoms. The zero-order valence-corrected chi connectivity index (χ0v) is 23.7. The lowest BCUT2D eigenvalue weighted by molar-refractivity contribution is -0.121. The molecule has 11 heteroatoms. The number of rotatable bonds is 5. The summed E-state index contributed by atoms with van der Waals surface area (Å²) in [6.07, 6.45) is 0. The standard InChI is InChI=1S/C32H22FN3O6S/c1-3-41-29(39)27-17(2)34-31(43-27)36-28(38)26-24(25(37)19-11-5-9-15-23(19)42-26)32(36)20-12-6-8-14-22(20)35(30(32)40)16-18-10-4-7-13-21(18)33/h4-15H,3,16H2,1-2H3. The maximum Gasteiger partial charge on any atom is 0.350 e. The molecule has 2 aromatic heterocycles. The van der Waals surface area contributed by atoms with Crippen molar-refractivity contribution in [2.75, 3.05) is 16.4 Å². The van der Waals surface area contributed by atoms with Gasteiger partial charge in [-0.1, -0.05) is 59.9 Å². The number of thiazole rings is 1. The number of hydrogen-bond donors (Lipinski definition) is 0. The van der Waals surface area contributed by atoms with Crippen LogP contribution in [0.2, 0.25) is 0 Å². The second-order valence-corrected chi connectivity index (χ2v) is 11.1. The maximum absolute atomic E-state index is 14.9. The number of esters is 1. The minimum absolute atomic E-state index is 0.0105. The molecular weight excluding hydrogens is 573 g/mol. The Balaban J connectivity index is 1.54. The van der Waals surface area contributed by atoms with Crippen LogP contribution in [-0.4, -0.2) is 29.4 Å². The summed E-state index contributed by atoms with van der Waals surface area (Å²) in [5, 5.41) is 0.201. The summed E-state index contributed by atoms with van der Waals surface area (Å²) in [4.78, 5) is 63.5. The van der Waals surface area contributed by atoms with Gasteiger partial charge in [-0.2, -0.15) is 0 Å². The monoisotopic (exact) mass is 595 g/mol. The normalized spacial score (nSPS) is 17.2. The maximum atomic E-state index is 14.9. The van der Waals surface area contributed by atoms with Gasteiger partial charge in [0.2, 0.25) is 5.76 Å². The van der Waals surface area contributed by atoms with E-state index < -0.39 is 34.6 Å². The molecule has 1 spiro atoms. The predicted octanol–water partition coefficient (Wildman–Crippen LogP) is 5.32. The lowest BCUT2D eigenvalue weighted by Crippen LogP contribution is -2.53. The third-order valence-electron chi connectivity index (χ3n) is 7.76. The highest BCUT2D eigenvalue weighted by molar-refractivity contribution is 7.17. The van der Waals surface area contributed by atoms with Gasteiger partial charge in [-0.3, -0.25) is 19.3 Å². The number of amides is 2. The fourth-order valence-electron chi connectivity index (χ4n) is 5.93. The highest BCUT2D eigenvalue weighted by atomic mass is 32.1. The Hall–Kier alpha value is -5.16. The van der Waals surface area contributed by atoms with Crippen LogP contribution in [0, 0.1) is 12.7 Å². The van der Waals surface area contributed by atoms with Gasteiger partial charge in [0.15, 0.2) is 16.1 Å². The first-order valence-corrected chi connectivity index (χ1v) is 14.3. The summed E-state index contributed by atoms with van der Waals surface area (Å²) in [5.41, 5.74) is -1.29. The molecule has 0 saturated heterocycles. The molecule has 0 radical (unpaired) electrons. The van der Waals surface area contributed by atoms with Crippen molar-refractivity contribution in [3.63, 3.8) is 0 Å². The third kappa shape index (κ3) is 3.64. The fourth-order valence-corrected chi connectivity index (χ4v) is 6.94. The molecule has 1 unspecified atom stereocenters. The Morgan fingerprint density at radius 3 is 2.53 bits per heavy atom. The van der Waals surface area contributed by atoms with E-state index in [1.165, 1.54) is 11.0 Å². The summed E-state index contributed by atoms with van der Waals surface area (Å²) < 4.78 is 26.1. The summed E-state index contributed by atoms with van der Waals surface area (Å²) in [6, 6.07) is 19.3. The second-order valence-electron chi connectivity index (χ2n) is 10.1. The molecule has 3 aromatic carbocycles. The zero-order valence-electron chi connectivity index (χ0n) is 22.9. The van der Waals surface area contributed by atoms with Crippen LogP contribution >= 0.6 is 11.3 Å². The van der Waals surface area contributed by atoms with Crippen LogP contribution in [0.5, 0.6) is 0 Å². The molecule has 0 fully saturated rings. The fraction of sp³-hybridized carbons (Fsp3) is 0.156. The van der Waals surface area contributed by atoms with Gasteiger partial charge in [-0.15, -0.1) is 0 Å². The highest BCUT2D eigenvalue weighted by Crippen LogP contribution is 2.55. The van der Waals surface area contributed by atoms with E-state index in [9.17, 15) is 23.6 Å². The topological polar surface area (TPSA) is 110 Å². The minimum atomic E-state index is -2.03. The Morgan fingerprint density at radius 2 is 1.74 bits per heavy atom. The van der Waals surface area contributed by atoms with Gasteiger partial charge in [0.1, 0.15) is 16.3 Å². The van der Waals surface area contributed by atoms with E-state index in [0.29, 0.717) is 16.9 Å². The Kier molecular flexibility index (Phi) is 6.03. The number of anilines is 2. The number of hydrogen-bond acceptors (Lipinski definition) is 8. The van der Waals surface area contributed by atoms with Crippen molar-refractivity contribution in [2.24, 2.45) is 0 Å². The molecule has 4 heterocycles. The number of aromatic nitrogens is 1. The van der Waals surface area contributed by atoms with Crippen LogP contribution in [0.25, 0.3) is 11.0 Å². The molecule has 43 heavy (non-hydrogen) atoms. The number of ether oxygens (including phenoxy) is 1. The first kappa shape index (κ1) is 26.7. The van der Waals surface area contributed by atoms with Crippen molar-refractivity contribution >= 4 is 50.9 Å². The molecular formula is C32H22FN3O6S. The number of benzene rings is 3. The minimum Gasteiger partial charge on any atom is -0.462 e. The summed E-state index contributed by atoms with van der Waals surface area (Å²) in [6.45, 7) is 3.24. The summed E-state index contributed by atoms with van der Waals surface area (Å²) in [7, 11) is 0. The van der Waals surface area contributed by atoms with Gasteiger partial charge in [0.25, 0.3) is 11.8 Å². The number of aryl methyl sites for hydroxylation is 1. The average molecular weight is 596 g/mol. The Bertz CT molecular complexity index is 2070. The summed E-state index contributed by atoms with van der Waals surface area (Å²) >= 11 is 0.879. The van der Waals surface area contributed by atoms with Crippen molar-refractivity contribution in [3.8, 4) is 0 Å². The van der Waals surface area contributed by atoms with Crippen molar-refractivity contribution in [3.05, 3.63) is 122 Å². The third-order valence-corrected chi connectivity index (χ3v) is 8.88.